The third-order valence-electron chi connectivity index (χ3n) is 3.37. The highest BCUT2D eigenvalue weighted by Crippen LogP contribution is 2.22. The molecule has 1 unspecified atom stereocenters. The standard InChI is InChI=1S/C17H23ClN4OS/c1-3-19-17(20-9-8-13-11-24-12(2)22-13)21-10-16(23)14-6-4-5-7-15(14)18/h4-7,11,16,23H,3,8-10H2,1-2H3,(H2,19,20,21). The molecular weight excluding hydrogens is 344 g/mol. The van der Waals surface area contributed by atoms with E-state index < -0.39 is 6.10 Å². The first kappa shape index (κ1) is 18.7. The van der Waals surface area contributed by atoms with Crippen LogP contribution >= 0.6 is 22.9 Å². The van der Waals surface area contributed by atoms with Gasteiger partial charge in [-0.05, 0) is 19.9 Å². The molecule has 0 aliphatic carbocycles. The van der Waals surface area contributed by atoms with Crippen molar-refractivity contribution in [1.82, 2.24) is 15.6 Å². The molecule has 3 N–H and O–H groups in total. The number of halogens is 1. The lowest BCUT2D eigenvalue weighted by Gasteiger charge is -2.13. The summed E-state index contributed by atoms with van der Waals surface area (Å²) in [6, 6.07) is 7.28. The summed E-state index contributed by atoms with van der Waals surface area (Å²) in [5, 5.41) is 20.4. The van der Waals surface area contributed by atoms with Gasteiger partial charge in [0.05, 0.1) is 17.2 Å². The maximum atomic E-state index is 10.3. The van der Waals surface area contributed by atoms with Gasteiger partial charge in [0.25, 0.3) is 0 Å². The van der Waals surface area contributed by atoms with Crippen molar-refractivity contribution >= 4 is 28.9 Å². The predicted molar refractivity (Wildman–Crippen MR) is 101 cm³/mol. The SMILES string of the molecule is CCNC(=NCC(O)c1ccccc1Cl)NCCc1csc(C)n1. The number of aliphatic hydroxyl groups excluding tert-OH is 1. The second-order valence-electron chi connectivity index (χ2n) is 5.29. The smallest absolute Gasteiger partial charge is 0.191 e. The molecule has 0 aliphatic rings. The van der Waals surface area contributed by atoms with Gasteiger partial charge in [0.15, 0.2) is 5.96 Å². The van der Waals surface area contributed by atoms with Crippen LogP contribution in [0.4, 0.5) is 0 Å². The lowest BCUT2D eigenvalue weighted by atomic mass is 10.1. The van der Waals surface area contributed by atoms with Gasteiger partial charge in [0, 0.05) is 35.5 Å². The van der Waals surface area contributed by atoms with Crippen molar-refractivity contribution in [2.45, 2.75) is 26.4 Å². The summed E-state index contributed by atoms with van der Waals surface area (Å²) in [6.45, 7) is 5.74. The van der Waals surface area contributed by atoms with Gasteiger partial charge in [-0.1, -0.05) is 29.8 Å². The Morgan fingerprint density at radius 3 is 2.83 bits per heavy atom. The van der Waals surface area contributed by atoms with Gasteiger partial charge in [-0.2, -0.15) is 0 Å². The van der Waals surface area contributed by atoms with E-state index in [-0.39, 0.29) is 6.54 Å². The minimum atomic E-state index is -0.727. The Hall–Kier alpha value is -1.63. The van der Waals surface area contributed by atoms with Crippen molar-refractivity contribution in [2.75, 3.05) is 19.6 Å². The molecule has 0 saturated carbocycles. The summed E-state index contributed by atoms with van der Waals surface area (Å²) in [6.07, 6.45) is 0.109. The fraction of sp³-hybridized carbons (Fsp3) is 0.412. The van der Waals surface area contributed by atoms with Gasteiger partial charge >= 0.3 is 0 Å². The number of guanidine groups is 1. The second kappa shape index (κ2) is 9.61. The highest BCUT2D eigenvalue weighted by Gasteiger charge is 2.10. The van der Waals surface area contributed by atoms with E-state index in [1.54, 1.807) is 17.4 Å². The molecule has 1 aromatic heterocycles. The maximum Gasteiger partial charge on any atom is 0.191 e. The van der Waals surface area contributed by atoms with E-state index >= 15 is 0 Å². The minimum Gasteiger partial charge on any atom is -0.386 e. The number of nitrogens with one attached hydrogen (secondary N) is 2. The van der Waals surface area contributed by atoms with E-state index in [4.69, 9.17) is 11.6 Å². The molecule has 0 bridgehead atoms. The van der Waals surface area contributed by atoms with Crippen LogP contribution in [-0.4, -0.2) is 35.7 Å². The highest BCUT2D eigenvalue weighted by atomic mass is 35.5. The molecule has 7 heteroatoms. The molecule has 130 valence electrons. The molecule has 0 aliphatic heterocycles. The van der Waals surface area contributed by atoms with Crippen molar-refractivity contribution in [3.8, 4) is 0 Å². The topological polar surface area (TPSA) is 69.5 Å². The van der Waals surface area contributed by atoms with Crippen LogP contribution in [0.5, 0.6) is 0 Å². The summed E-state index contributed by atoms with van der Waals surface area (Å²) >= 11 is 7.76. The molecule has 0 radical (unpaired) electrons. The third-order valence-corrected chi connectivity index (χ3v) is 4.54. The number of hydrogen-bond donors (Lipinski definition) is 3. The van der Waals surface area contributed by atoms with Crippen LogP contribution in [0.1, 0.15) is 29.3 Å². The molecule has 1 atom stereocenters. The molecular formula is C17H23ClN4OS. The van der Waals surface area contributed by atoms with Crippen LogP contribution in [-0.2, 0) is 6.42 Å². The van der Waals surface area contributed by atoms with Crippen LogP contribution in [0.15, 0.2) is 34.6 Å². The van der Waals surface area contributed by atoms with Crippen molar-refractivity contribution in [2.24, 2.45) is 4.99 Å². The monoisotopic (exact) mass is 366 g/mol. The molecule has 24 heavy (non-hydrogen) atoms. The van der Waals surface area contributed by atoms with Crippen molar-refractivity contribution in [3.05, 3.63) is 50.9 Å². The van der Waals surface area contributed by atoms with E-state index in [9.17, 15) is 5.11 Å². The minimum absolute atomic E-state index is 0.245. The highest BCUT2D eigenvalue weighted by molar-refractivity contribution is 7.09. The summed E-state index contributed by atoms with van der Waals surface area (Å²) in [5.41, 5.74) is 1.77. The Morgan fingerprint density at radius 2 is 2.17 bits per heavy atom. The predicted octanol–water partition coefficient (Wildman–Crippen LogP) is 2.94. The lowest BCUT2D eigenvalue weighted by Crippen LogP contribution is -2.38. The number of benzene rings is 1. The van der Waals surface area contributed by atoms with Crippen molar-refractivity contribution in [3.63, 3.8) is 0 Å². The Bertz CT molecular complexity index is 674. The van der Waals surface area contributed by atoms with E-state index in [1.165, 1.54) is 0 Å². The van der Waals surface area contributed by atoms with E-state index in [1.807, 2.05) is 32.0 Å². The van der Waals surface area contributed by atoms with Gasteiger partial charge in [-0.25, -0.2) is 4.98 Å². The molecule has 2 rings (SSSR count). The molecule has 0 fully saturated rings. The van der Waals surface area contributed by atoms with Gasteiger partial charge in [-0.15, -0.1) is 11.3 Å². The van der Waals surface area contributed by atoms with Crippen LogP contribution in [0.3, 0.4) is 0 Å². The fourth-order valence-corrected chi connectivity index (χ4v) is 3.10. The van der Waals surface area contributed by atoms with Crippen LogP contribution in [0.2, 0.25) is 5.02 Å². The number of rotatable bonds is 7. The van der Waals surface area contributed by atoms with E-state index in [2.05, 4.69) is 26.0 Å². The van der Waals surface area contributed by atoms with Gasteiger partial charge in [-0.3, -0.25) is 4.99 Å². The largest absolute Gasteiger partial charge is 0.386 e. The Morgan fingerprint density at radius 1 is 1.38 bits per heavy atom. The Balaban J connectivity index is 1.88. The first-order chi connectivity index (χ1) is 11.6. The summed E-state index contributed by atoms with van der Waals surface area (Å²) in [4.78, 5) is 8.88. The number of hydrogen-bond acceptors (Lipinski definition) is 4. The number of nitrogens with zero attached hydrogens (tertiary/aromatic N) is 2. The molecule has 1 heterocycles. The van der Waals surface area contributed by atoms with Gasteiger partial charge < -0.3 is 15.7 Å². The molecule has 5 nitrogen and oxygen atoms in total. The van der Waals surface area contributed by atoms with Gasteiger partial charge in [0.1, 0.15) is 6.10 Å². The first-order valence-electron chi connectivity index (χ1n) is 7.95. The van der Waals surface area contributed by atoms with E-state index in [0.717, 1.165) is 30.2 Å². The zero-order chi connectivity index (χ0) is 17.4. The van der Waals surface area contributed by atoms with E-state index in [0.29, 0.717) is 16.5 Å². The fourth-order valence-electron chi connectivity index (χ4n) is 2.20. The number of aliphatic imine (C=N–C) groups is 1. The Kier molecular flexibility index (Phi) is 7.49. The summed E-state index contributed by atoms with van der Waals surface area (Å²) < 4.78 is 0. The second-order valence-corrected chi connectivity index (χ2v) is 6.76. The number of aryl methyl sites for hydroxylation is 1. The Labute approximate surface area is 151 Å². The van der Waals surface area contributed by atoms with Crippen LogP contribution < -0.4 is 10.6 Å². The zero-order valence-corrected chi connectivity index (χ0v) is 15.5. The third kappa shape index (κ3) is 5.78. The van der Waals surface area contributed by atoms with Gasteiger partial charge in [0.2, 0.25) is 0 Å². The average molecular weight is 367 g/mol. The lowest BCUT2D eigenvalue weighted by molar-refractivity contribution is 0.187. The average Bonchev–Trinajstić information content (AvgIpc) is 2.98. The molecule has 0 saturated heterocycles. The number of aliphatic hydroxyl groups is 1. The summed E-state index contributed by atoms with van der Waals surface area (Å²) in [5.74, 6) is 0.676. The molecule has 0 spiro atoms. The van der Waals surface area contributed by atoms with Crippen LogP contribution in [0.25, 0.3) is 0 Å². The normalized spacial score (nSPS) is 12.9. The van der Waals surface area contributed by atoms with Crippen molar-refractivity contribution < 1.29 is 5.11 Å². The van der Waals surface area contributed by atoms with Crippen LogP contribution in [0, 0.1) is 6.92 Å². The molecule has 1 aromatic carbocycles. The number of thiazole rings is 1. The zero-order valence-electron chi connectivity index (χ0n) is 13.9. The summed E-state index contributed by atoms with van der Waals surface area (Å²) in [7, 11) is 0. The first-order valence-corrected chi connectivity index (χ1v) is 9.21. The maximum absolute atomic E-state index is 10.3. The number of aromatic nitrogens is 1. The molecule has 2 aromatic rings. The molecule has 0 amide bonds. The quantitative estimate of drug-likeness (QED) is 0.520. The van der Waals surface area contributed by atoms with Crippen molar-refractivity contribution in [1.29, 1.82) is 0 Å².